The van der Waals surface area contributed by atoms with Crippen LogP contribution in [0.4, 0.5) is 5.82 Å². The first-order valence-electron chi connectivity index (χ1n) is 10.6. The molecule has 1 aromatic carbocycles. The van der Waals surface area contributed by atoms with Gasteiger partial charge in [0.1, 0.15) is 29.2 Å². The summed E-state index contributed by atoms with van der Waals surface area (Å²) < 4.78 is 12.7. The van der Waals surface area contributed by atoms with E-state index in [1.54, 1.807) is 37.3 Å². The topological polar surface area (TPSA) is 203 Å². The Morgan fingerprint density at radius 1 is 1.23 bits per heavy atom. The predicted octanol–water partition coefficient (Wildman–Crippen LogP) is -0.106. The van der Waals surface area contributed by atoms with Crippen molar-refractivity contribution in [2.75, 3.05) is 12.3 Å². The van der Waals surface area contributed by atoms with Gasteiger partial charge >= 0.3 is 11.9 Å². The maximum absolute atomic E-state index is 12.1. The van der Waals surface area contributed by atoms with Crippen LogP contribution in [0.1, 0.15) is 24.5 Å². The van der Waals surface area contributed by atoms with E-state index in [0.717, 1.165) is 0 Å². The van der Waals surface area contributed by atoms with Crippen LogP contribution in [-0.4, -0.2) is 81.9 Å². The molecule has 186 valence electrons. The van der Waals surface area contributed by atoms with E-state index in [0.29, 0.717) is 11.4 Å². The highest BCUT2D eigenvalue weighted by Crippen LogP contribution is 2.39. The number of nitrogen functional groups attached to an aromatic ring is 1. The average molecular weight is 487 g/mol. The van der Waals surface area contributed by atoms with Gasteiger partial charge in [0, 0.05) is 6.42 Å². The minimum absolute atomic E-state index is 0.124. The van der Waals surface area contributed by atoms with Gasteiger partial charge in [-0.25, -0.2) is 24.5 Å². The number of aliphatic carboxylic acids is 2. The van der Waals surface area contributed by atoms with Crippen LogP contribution in [0.15, 0.2) is 36.7 Å². The highest BCUT2D eigenvalue weighted by atomic mass is 16.6. The van der Waals surface area contributed by atoms with Crippen LogP contribution in [0.25, 0.3) is 11.2 Å². The van der Waals surface area contributed by atoms with Crippen molar-refractivity contribution < 1.29 is 39.5 Å². The second kappa shape index (κ2) is 8.85. The summed E-state index contributed by atoms with van der Waals surface area (Å²) in [5, 5.41) is 41.4. The molecular formula is C22H25N5O8. The van der Waals surface area contributed by atoms with Crippen molar-refractivity contribution in [2.45, 2.75) is 49.9 Å². The number of fused-ring (bicyclic) bond motifs is 1. The van der Waals surface area contributed by atoms with E-state index < -0.39 is 54.6 Å². The second-order valence-electron chi connectivity index (χ2n) is 8.58. The third-order valence-electron chi connectivity index (χ3n) is 6.13. The smallest absolute Gasteiger partial charge is 0.348 e. The highest BCUT2D eigenvalue weighted by Gasteiger charge is 2.56. The molecule has 0 aliphatic carbocycles. The van der Waals surface area contributed by atoms with E-state index in [1.165, 1.54) is 17.8 Å². The van der Waals surface area contributed by atoms with Crippen molar-refractivity contribution in [3.63, 3.8) is 0 Å². The van der Waals surface area contributed by atoms with Gasteiger partial charge < -0.3 is 35.6 Å². The number of ether oxygens (including phenoxy) is 2. The van der Waals surface area contributed by atoms with Crippen molar-refractivity contribution >= 4 is 28.9 Å². The van der Waals surface area contributed by atoms with Gasteiger partial charge in [-0.3, -0.25) is 4.57 Å². The molecule has 1 aliphatic heterocycles. The molecule has 3 heterocycles. The number of anilines is 1. The molecule has 35 heavy (non-hydrogen) atoms. The Morgan fingerprint density at radius 3 is 2.51 bits per heavy atom. The zero-order chi connectivity index (χ0) is 25.5. The average Bonchev–Trinajstić information content (AvgIpc) is 3.30. The molecule has 1 aliphatic rings. The summed E-state index contributed by atoms with van der Waals surface area (Å²) in [6.45, 7) is 2.25. The van der Waals surface area contributed by atoms with Crippen LogP contribution in [0.2, 0.25) is 0 Å². The number of aromatic nitrogens is 4. The first-order valence-corrected chi connectivity index (χ1v) is 10.6. The number of aryl methyl sites for hydroxylation is 1. The van der Waals surface area contributed by atoms with Crippen LogP contribution in [-0.2, 0) is 25.5 Å². The zero-order valence-corrected chi connectivity index (χ0v) is 18.9. The summed E-state index contributed by atoms with van der Waals surface area (Å²) in [6.07, 6.45) is -3.18. The predicted molar refractivity (Wildman–Crippen MR) is 119 cm³/mol. The van der Waals surface area contributed by atoms with Gasteiger partial charge in [-0.05, 0) is 19.4 Å². The minimum Gasteiger partial charge on any atom is -0.479 e. The number of carboxylic acids is 2. The van der Waals surface area contributed by atoms with Crippen LogP contribution >= 0.6 is 0 Å². The zero-order valence-electron chi connectivity index (χ0n) is 18.9. The Hall–Kier alpha value is -3.65. The van der Waals surface area contributed by atoms with E-state index >= 15 is 0 Å². The monoisotopic (exact) mass is 487 g/mol. The first kappa shape index (κ1) is 24.5. The Kier molecular flexibility index (Phi) is 6.19. The number of nitrogens with two attached hydrogens (primary N) is 1. The van der Waals surface area contributed by atoms with Gasteiger partial charge in [0.15, 0.2) is 17.7 Å². The number of carboxylic acid groups (broad SMARTS) is 2. The summed E-state index contributed by atoms with van der Waals surface area (Å²) in [6, 6.07) is 8.14. The number of aliphatic hydroxyl groups excluding tert-OH is 1. The van der Waals surface area contributed by atoms with E-state index in [9.17, 15) is 30.0 Å². The van der Waals surface area contributed by atoms with Crippen LogP contribution in [0.5, 0.6) is 0 Å². The van der Waals surface area contributed by atoms with Crippen molar-refractivity contribution in [1.82, 2.24) is 19.5 Å². The lowest BCUT2D eigenvalue weighted by Crippen LogP contribution is -2.54. The van der Waals surface area contributed by atoms with Gasteiger partial charge in [-0.2, -0.15) is 0 Å². The normalized spacial score (nSPS) is 24.6. The standard InChI is InChI=1S/C22H25N5O8/c1-11-25-16(23)14-17(26-11)27(10-24-14)18-15(28)21(2,33)13(35-18)9-34-22(19(29)30,20(31)32)8-12-6-4-3-5-7-12/h3-7,10,13,15,18,28,33H,8-9H2,1-2H3,(H,29,30)(H,31,32)(H2,23,25,26)/t13-,15+,18-,21-/m1/s1. The maximum atomic E-state index is 12.1. The molecule has 4 atom stereocenters. The number of hydrogen-bond donors (Lipinski definition) is 5. The molecule has 0 radical (unpaired) electrons. The Labute approximate surface area is 198 Å². The van der Waals surface area contributed by atoms with Crippen molar-refractivity contribution in [3.05, 3.63) is 48.0 Å². The molecule has 3 aromatic rings. The number of nitrogens with zero attached hydrogens (tertiary/aromatic N) is 4. The van der Waals surface area contributed by atoms with Gasteiger partial charge in [-0.1, -0.05) is 30.3 Å². The number of hydrogen-bond acceptors (Lipinski definition) is 10. The Bertz CT molecular complexity index is 1250. The summed E-state index contributed by atoms with van der Waals surface area (Å²) in [5.41, 5.74) is 2.25. The number of carbonyl (C=O) groups is 2. The third-order valence-corrected chi connectivity index (χ3v) is 6.13. The van der Waals surface area contributed by atoms with Gasteiger partial charge in [0.25, 0.3) is 5.60 Å². The molecule has 2 aromatic heterocycles. The van der Waals surface area contributed by atoms with Crippen molar-refractivity contribution in [1.29, 1.82) is 0 Å². The summed E-state index contributed by atoms with van der Waals surface area (Å²) >= 11 is 0. The molecule has 4 rings (SSSR count). The molecule has 6 N–H and O–H groups in total. The fourth-order valence-corrected chi connectivity index (χ4v) is 4.04. The molecular weight excluding hydrogens is 462 g/mol. The van der Waals surface area contributed by atoms with Crippen LogP contribution in [0.3, 0.4) is 0 Å². The summed E-state index contributed by atoms with van der Waals surface area (Å²) in [7, 11) is 0. The summed E-state index contributed by atoms with van der Waals surface area (Å²) in [5.74, 6) is -2.96. The fraction of sp³-hybridized carbons (Fsp3) is 0.409. The SMILES string of the molecule is Cc1nc(N)c2ncn([C@@H]3O[C@H](COC(Cc4ccccc4)(C(=O)O)C(=O)O)[C@@](C)(O)[C@H]3O)c2n1. The number of aliphatic hydroxyl groups is 2. The largest absolute Gasteiger partial charge is 0.479 e. The number of imidazole rings is 1. The number of rotatable bonds is 8. The highest BCUT2D eigenvalue weighted by molar-refractivity contribution is 6.02. The first-order chi connectivity index (χ1) is 16.5. The molecule has 1 fully saturated rings. The lowest BCUT2D eigenvalue weighted by Gasteiger charge is -2.30. The van der Waals surface area contributed by atoms with E-state index in [4.69, 9.17) is 15.2 Å². The van der Waals surface area contributed by atoms with Gasteiger partial charge in [0.2, 0.25) is 0 Å². The summed E-state index contributed by atoms with van der Waals surface area (Å²) in [4.78, 5) is 36.6. The molecule has 13 nitrogen and oxygen atoms in total. The second-order valence-corrected chi connectivity index (χ2v) is 8.58. The Morgan fingerprint density at radius 2 is 1.89 bits per heavy atom. The number of benzene rings is 1. The molecule has 1 saturated heterocycles. The Balaban J connectivity index is 1.62. The van der Waals surface area contributed by atoms with E-state index in [-0.39, 0.29) is 17.0 Å². The van der Waals surface area contributed by atoms with Crippen LogP contribution in [0, 0.1) is 6.92 Å². The van der Waals surface area contributed by atoms with Gasteiger partial charge in [0.05, 0.1) is 12.9 Å². The molecule has 0 amide bonds. The lowest BCUT2D eigenvalue weighted by atomic mass is 9.92. The van der Waals surface area contributed by atoms with E-state index in [1.807, 2.05) is 0 Å². The maximum Gasteiger partial charge on any atom is 0.348 e. The van der Waals surface area contributed by atoms with E-state index in [2.05, 4.69) is 15.0 Å². The molecule has 0 spiro atoms. The third kappa shape index (κ3) is 4.18. The lowest BCUT2D eigenvalue weighted by molar-refractivity contribution is -0.192. The molecule has 0 unspecified atom stereocenters. The van der Waals surface area contributed by atoms with Gasteiger partial charge in [-0.15, -0.1) is 0 Å². The van der Waals surface area contributed by atoms with Crippen LogP contribution < -0.4 is 5.73 Å². The quantitative estimate of drug-likeness (QED) is 0.264. The minimum atomic E-state index is -2.65. The fourth-order valence-electron chi connectivity index (χ4n) is 4.04. The molecule has 13 heteroatoms. The van der Waals surface area contributed by atoms with Crippen molar-refractivity contribution in [2.24, 2.45) is 0 Å². The molecule has 0 saturated carbocycles. The van der Waals surface area contributed by atoms with Crippen molar-refractivity contribution in [3.8, 4) is 0 Å². The molecule has 0 bridgehead atoms.